The van der Waals surface area contributed by atoms with Gasteiger partial charge in [-0.25, -0.2) is 13.6 Å². The van der Waals surface area contributed by atoms with E-state index in [1.807, 2.05) is 6.92 Å². The van der Waals surface area contributed by atoms with Crippen molar-refractivity contribution < 1.29 is 13.2 Å². The van der Waals surface area contributed by atoms with Crippen molar-refractivity contribution in [2.75, 3.05) is 12.4 Å². The summed E-state index contributed by atoms with van der Waals surface area (Å²) in [6, 6.07) is 5.15. The number of primary sulfonamides is 1. The highest BCUT2D eigenvalue weighted by atomic mass is 35.5. The SMILES string of the molecule is CC(CCOc1c(Cl)cccc1Cl)CCS(N)(=O)=O. The first-order chi connectivity index (χ1) is 8.79. The smallest absolute Gasteiger partial charge is 0.209 e. The summed E-state index contributed by atoms with van der Waals surface area (Å²) in [5.74, 6) is 0.644. The molecule has 0 amide bonds. The fraction of sp³-hybridized carbons (Fsp3) is 0.500. The molecule has 1 aromatic carbocycles. The highest BCUT2D eigenvalue weighted by Crippen LogP contribution is 2.32. The van der Waals surface area contributed by atoms with Gasteiger partial charge in [0, 0.05) is 0 Å². The molecule has 0 aliphatic heterocycles. The minimum Gasteiger partial charge on any atom is -0.490 e. The Labute approximate surface area is 123 Å². The van der Waals surface area contributed by atoms with E-state index in [0.29, 0.717) is 35.2 Å². The minimum absolute atomic E-state index is 0.0129. The predicted molar refractivity (Wildman–Crippen MR) is 78.3 cm³/mol. The van der Waals surface area contributed by atoms with Crippen LogP contribution in [0.2, 0.25) is 10.0 Å². The maximum Gasteiger partial charge on any atom is 0.209 e. The second kappa shape index (κ2) is 7.33. The summed E-state index contributed by atoms with van der Waals surface area (Å²) in [5, 5.41) is 5.87. The van der Waals surface area contributed by atoms with Crippen LogP contribution in [-0.2, 0) is 10.0 Å². The monoisotopic (exact) mass is 325 g/mol. The van der Waals surface area contributed by atoms with Gasteiger partial charge in [0.25, 0.3) is 0 Å². The van der Waals surface area contributed by atoms with Crippen molar-refractivity contribution in [2.24, 2.45) is 11.1 Å². The highest BCUT2D eigenvalue weighted by Gasteiger charge is 2.10. The molecule has 0 heterocycles. The van der Waals surface area contributed by atoms with E-state index in [2.05, 4.69) is 0 Å². The average molecular weight is 326 g/mol. The molecule has 0 spiro atoms. The van der Waals surface area contributed by atoms with Gasteiger partial charge in [-0.05, 0) is 30.9 Å². The van der Waals surface area contributed by atoms with Crippen LogP contribution in [0.25, 0.3) is 0 Å². The van der Waals surface area contributed by atoms with Gasteiger partial charge >= 0.3 is 0 Å². The molecule has 0 aromatic heterocycles. The topological polar surface area (TPSA) is 69.4 Å². The van der Waals surface area contributed by atoms with Gasteiger partial charge in [-0.2, -0.15) is 0 Å². The summed E-state index contributed by atoms with van der Waals surface area (Å²) < 4.78 is 27.2. The number of benzene rings is 1. The Balaban J connectivity index is 2.38. The van der Waals surface area contributed by atoms with Crippen LogP contribution >= 0.6 is 23.2 Å². The van der Waals surface area contributed by atoms with Crippen LogP contribution in [0.15, 0.2) is 18.2 Å². The Hall–Kier alpha value is -0.490. The minimum atomic E-state index is -3.39. The molecule has 4 nitrogen and oxygen atoms in total. The van der Waals surface area contributed by atoms with Crippen LogP contribution in [0.1, 0.15) is 19.8 Å². The zero-order chi connectivity index (χ0) is 14.5. The van der Waals surface area contributed by atoms with E-state index in [4.69, 9.17) is 33.1 Å². The van der Waals surface area contributed by atoms with E-state index in [9.17, 15) is 8.42 Å². The number of sulfonamides is 1. The number of nitrogens with two attached hydrogens (primary N) is 1. The molecule has 7 heteroatoms. The molecular weight excluding hydrogens is 309 g/mol. The van der Waals surface area contributed by atoms with Gasteiger partial charge in [0.2, 0.25) is 10.0 Å². The van der Waals surface area contributed by atoms with Crippen molar-refractivity contribution >= 4 is 33.2 Å². The van der Waals surface area contributed by atoms with Crippen molar-refractivity contribution in [2.45, 2.75) is 19.8 Å². The maximum atomic E-state index is 10.8. The first-order valence-corrected chi connectivity index (χ1v) is 8.34. The Bertz CT molecular complexity index is 499. The molecule has 0 saturated heterocycles. The van der Waals surface area contributed by atoms with Crippen LogP contribution in [0.4, 0.5) is 0 Å². The zero-order valence-corrected chi connectivity index (χ0v) is 12.9. The second-order valence-electron chi connectivity index (χ2n) is 4.45. The molecule has 108 valence electrons. The molecule has 1 unspecified atom stereocenters. The van der Waals surface area contributed by atoms with Crippen LogP contribution in [0, 0.1) is 5.92 Å². The normalized spacial score (nSPS) is 13.3. The summed E-state index contributed by atoms with van der Waals surface area (Å²) >= 11 is 11.9. The number of hydrogen-bond donors (Lipinski definition) is 1. The second-order valence-corrected chi connectivity index (χ2v) is 7.00. The highest BCUT2D eigenvalue weighted by molar-refractivity contribution is 7.89. The summed E-state index contributed by atoms with van der Waals surface area (Å²) in [6.07, 6.45) is 1.22. The van der Waals surface area contributed by atoms with Gasteiger partial charge < -0.3 is 4.74 Å². The Morgan fingerprint density at radius 1 is 1.26 bits per heavy atom. The van der Waals surface area contributed by atoms with Crippen molar-refractivity contribution in [1.29, 1.82) is 0 Å². The van der Waals surface area contributed by atoms with Gasteiger partial charge in [0.05, 0.1) is 22.4 Å². The van der Waals surface area contributed by atoms with Gasteiger partial charge in [-0.1, -0.05) is 36.2 Å². The average Bonchev–Trinajstić information content (AvgIpc) is 2.29. The zero-order valence-electron chi connectivity index (χ0n) is 10.6. The fourth-order valence-electron chi connectivity index (χ4n) is 1.49. The molecule has 1 rings (SSSR count). The van der Waals surface area contributed by atoms with E-state index < -0.39 is 10.0 Å². The summed E-state index contributed by atoms with van der Waals surface area (Å²) in [6.45, 7) is 2.37. The summed E-state index contributed by atoms with van der Waals surface area (Å²) in [5.41, 5.74) is 0. The van der Waals surface area contributed by atoms with Gasteiger partial charge in [-0.3, -0.25) is 0 Å². The lowest BCUT2D eigenvalue weighted by Gasteiger charge is -2.13. The van der Waals surface area contributed by atoms with Crippen molar-refractivity contribution in [3.63, 3.8) is 0 Å². The van der Waals surface area contributed by atoms with E-state index in [0.717, 1.165) is 0 Å². The molecule has 2 N–H and O–H groups in total. The van der Waals surface area contributed by atoms with E-state index in [1.54, 1.807) is 18.2 Å². The molecule has 1 atom stereocenters. The number of ether oxygens (including phenoxy) is 1. The molecule has 0 aliphatic rings. The predicted octanol–water partition coefficient (Wildman–Crippen LogP) is 3.08. The van der Waals surface area contributed by atoms with Crippen molar-refractivity contribution in [1.82, 2.24) is 0 Å². The van der Waals surface area contributed by atoms with E-state index in [1.165, 1.54) is 0 Å². The number of halogens is 2. The third-order valence-corrected chi connectivity index (χ3v) is 4.07. The van der Waals surface area contributed by atoms with E-state index >= 15 is 0 Å². The first kappa shape index (κ1) is 16.6. The van der Waals surface area contributed by atoms with Crippen molar-refractivity contribution in [3.05, 3.63) is 28.2 Å². The van der Waals surface area contributed by atoms with Crippen LogP contribution in [0.5, 0.6) is 5.75 Å². The summed E-state index contributed by atoms with van der Waals surface area (Å²) in [7, 11) is -3.39. The van der Waals surface area contributed by atoms with E-state index in [-0.39, 0.29) is 11.7 Å². The lowest BCUT2D eigenvalue weighted by Crippen LogP contribution is -2.18. The Kier molecular flexibility index (Phi) is 6.39. The van der Waals surface area contributed by atoms with Crippen molar-refractivity contribution in [3.8, 4) is 5.75 Å². The molecule has 0 fully saturated rings. The largest absolute Gasteiger partial charge is 0.490 e. The maximum absolute atomic E-state index is 10.8. The quantitative estimate of drug-likeness (QED) is 0.837. The Morgan fingerprint density at radius 3 is 2.37 bits per heavy atom. The summed E-state index contributed by atoms with van der Waals surface area (Å²) in [4.78, 5) is 0. The third-order valence-electron chi connectivity index (χ3n) is 2.67. The lowest BCUT2D eigenvalue weighted by molar-refractivity contribution is 0.282. The Morgan fingerprint density at radius 2 is 1.84 bits per heavy atom. The molecular formula is C12H17Cl2NO3S. The number of hydrogen-bond acceptors (Lipinski definition) is 3. The van der Waals surface area contributed by atoms with Crippen LogP contribution in [-0.4, -0.2) is 20.8 Å². The molecule has 0 aliphatic carbocycles. The molecule has 0 radical (unpaired) electrons. The van der Waals surface area contributed by atoms with Gasteiger partial charge in [-0.15, -0.1) is 0 Å². The van der Waals surface area contributed by atoms with Crippen LogP contribution in [0.3, 0.4) is 0 Å². The lowest BCUT2D eigenvalue weighted by atomic mass is 10.1. The van der Waals surface area contributed by atoms with Crippen LogP contribution < -0.4 is 9.88 Å². The third kappa shape index (κ3) is 6.47. The molecule has 0 bridgehead atoms. The molecule has 0 saturated carbocycles. The molecule has 1 aromatic rings. The fourth-order valence-corrected chi connectivity index (χ4v) is 2.73. The standard InChI is InChI=1S/C12H17Cl2NO3S/c1-9(6-8-19(15,16)17)5-7-18-12-10(13)3-2-4-11(12)14/h2-4,9H,5-8H2,1H3,(H2,15,16,17). The number of para-hydroxylation sites is 1. The van der Waals surface area contributed by atoms with Gasteiger partial charge in [0.15, 0.2) is 5.75 Å². The molecule has 19 heavy (non-hydrogen) atoms. The first-order valence-electron chi connectivity index (χ1n) is 5.87. The number of rotatable bonds is 7. The van der Waals surface area contributed by atoms with Gasteiger partial charge in [0.1, 0.15) is 0 Å².